The van der Waals surface area contributed by atoms with Crippen LogP contribution in [0.15, 0.2) is 59.2 Å². The molecule has 1 atom stereocenters. The summed E-state index contributed by atoms with van der Waals surface area (Å²) in [5.74, 6) is -0.131. The van der Waals surface area contributed by atoms with Gasteiger partial charge in [-0.15, -0.1) is 0 Å². The second-order valence-electron chi connectivity index (χ2n) is 5.88. The number of aliphatic carboxylic acids is 1. The lowest BCUT2D eigenvalue weighted by atomic mass is 9.99. The normalized spacial score (nSPS) is 11.9. The monoisotopic (exact) mass is 337 g/mol. The van der Waals surface area contributed by atoms with Crippen LogP contribution in [0.4, 0.5) is 0 Å². The average molecular weight is 337 g/mol. The van der Waals surface area contributed by atoms with E-state index in [4.69, 9.17) is 14.3 Å². The van der Waals surface area contributed by atoms with Crippen LogP contribution in [0.3, 0.4) is 0 Å². The summed E-state index contributed by atoms with van der Waals surface area (Å²) in [6.07, 6.45) is 1.58. The Kier molecular flexibility index (Phi) is 4.84. The highest BCUT2D eigenvalue weighted by Gasteiger charge is 2.15. The first-order chi connectivity index (χ1) is 12.0. The molecule has 5 nitrogen and oxygen atoms in total. The maximum atomic E-state index is 11.1. The summed E-state index contributed by atoms with van der Waals surface area (Å²) < 4.78 is 11.3. The van der Waals surface area contributed by atoms with Crippen molar-refractivity contribution in [1.29, 1.82) is 0 Å². The van der Waals surface area contributed by atoms with Crippen LogP contribution in [-0.4, -0.2) is 16.1 Å². The predicted molar refractivity (Wildman–Crippen MR) is 93.5 cm³/mol. The number of nitrogens with zero attached hydrogens (tertiary/aromatic N) is 1. The van der Waals surface area contributed by atoms with E-state index in [1.165, 1.54) is 0 Å². The lowest BCUT2D eigenvalue weighted by Gasteiger charge is -2.11. The van der Waals surface area contributed by atoms with Gasteiger partial charge in [0.25, 0.3) is 0 Å². The molecule has 0 aliphatic rings. The van der Waals surface area contributed by atoms with Crippen LogP contribution in [0, 0.1) is 6.92 Å². The molecular formula is C20H19NO4. The number of rotatable bonds is 6. The molecule has 0 saturated heterocycles. The van der Waals surface area contributed by atoms with Crippen molar-refractivity contribution in [1.82, 2.24) is 4.98 Å². The number of aryl methyl sites for hydroxylation is 1. The second kappa shape index (κ2) is 7.21. The van der Waals surface area contributed by atoms with Crippen LogP contribution in [0.2, 0.25) is 0 Å². The molecule has 0 bridgehead atoms. The minimum Gasteiger partial charge on any atom is -0.487 e. The summed E-state index contributed by atoms with van der Waals surface area (Å²) in [6, 6.07) is 15.1. The molecular weight excluding hydrogens is 318 g/mol. The van der Waals surface area contributed by atoms with Crippen LogP contribution >= 0.6 is 0 Å². The minimum atomic E-state index is -0.843. The molecule has 3 rings (SSSR count). The third-order valence-electron chi connectivity index (χ3n) is 4.02. The molecule has 0 aliphatic heterocycles. The number of hydrogen-bond acceptors (Lipinski definition) is 4. The Morgan fingerprint density at radius 2 is 2.00 bits per heavy atom. The van der Waals surface area contributed by atoms with Gasteiger partial charge in [0.05, 0.1) is 5.92 Å². The van der Waals surface area contributed by atoms with Gasteiger partial charge in [-0.1, -0.05) is 30.3 Å². The van der Waals surface area contributed by atoms with Gasteiger partial charge in [0.15, 0.2) is 0 Å². The highest BCUT2D eigenvalue weighted by molar-refractivity contribution is 5.75. The molecule has 2 aromatic carbocycles. The smallest absolute Gasteiger partial charge is 0.310 e. The topological polar surface area (TPSA) is 72.6 Å². The Hall–Kier alpha value is -3.08. The van der Waals surface area contributed by atoms with Crippen molar-refractivity contribution in [3.8, 4) is 17.2 Å². The maximum Gasteiger partial charge on any atom is 0.310 e. The molecule has 1 unspecified atom stereocenters. The van der Waals surface area contributed by atoms with E-state index in [1.54, 1.807) is 25.3 Å². The van der Waals surface area contributed by atoms with Gasteiger partial charge in [-0.3, -0.25) is 4.79 Å². The molecule has 3 aromatic rings. The number of ether oxygens (including phenoxy) is 1. The summed E-state index contributed by atoms with van der Waals surface area (Å²) in [7, 11) is 0. The van der Waals surface area contributed by atoms with E-state index in [0.717, 1.165) is 16.7 Å². The Morgan fingerprint density at radius 1 is 1.24 bits per heavy atom. The minimum absolute atomic E-state index is 0.283. The maximum absolute atomic E-state index is 11.1. The number of hydrogen-bond donors (Lipinski definition) is 1. The zero-order chi connectivity index (χ0) is 17.8. The lowest BCUT2D eigenvalue weighted by Crippen LogP contribution is -2.07. The molecule has 0 fully saturated rings. The van der Waals surface area contributed by atoms with Crippen molar-refractivity contribution in [2.24, 2.45) is 0 Å². The van der Waals surface area contributed by atoms with Crippen molar-refractivity contribution in [3.63, 3.8) is 0 Å². The summed E-state index contributed by atoms with van der Waals surface area (Å²) in [6.45, 7) is 3.84. The van der Waals surface area contributed by atoms with Crippen LogP contribution in [0.5, 0.6) is 5.75 Å². The van der Waals surface area contributed by atoms with E-state index in [1.807, 2.05) is 43.3 Å². The molecule has 0 radical (unpaired) electrons. The Labute approximate surface area is 145 Å². The first-order valence-corrected chi connectivity index (χ1v) is 8.00. The predicted octanol–water partition coefficient (Wildman–Crippen LogP) is 4.42. The van der Waals surface area contributed by atoms with Crippen LogP contribution in [0.1, 0.15) is 29.7 Å². The SMILES string of the molecule is Cc1cc(C(C)C(=O)O)ccc1OCc1coc(-c2ccccc2)n1. The fourth-order valence-corrected chi connectivity index (χ4v) is 2.48. The molecule has 0 spiro atoms. The number of oxazole rings is 1. The van der Waals surface area contributed by atoms with Crippen molar-refractivity contribution >= 4 is 5.97 Å². The molecule has 25 heavy (non-hydrogen) atoms. The highest BCUT2D eigenvalue weighted by Crippen LogP contribution is 2.25. The number of carboxylic acids is 1. The van der Waals surface area contributed by atoms with Crippen LogP contribution < -0.4 is 4.74 Å². The summed E-state index contributed by atoms with van der Waals surface area (Å²) >= 11 is 0. The molecule has 1 heterocycles. The number of benzene rings is 2. The standard InChI is InChI=1S/C20H19NO4/c1-13-10-16(14(2)20(22)23)8-9-18(13)24-11-17-12-25-19(21-17)15-6-4-3-5-7-15/h3-10,12,14H,11H2,1-2H3,(H,22,23). The van der Waals surface area contributed by atoms with Crippen molar-refractivity contribution in [2.45, 2.75) is 26.4 Å². The Morgan fingerprint density at radius 3 is 2.68 bits per heavy atom. The molecule has 5 heteroatoms. The third-order valence-corrected chi connectivity index (χ3v) is 4.02. The molecule has 1 aromatic heterocycles. The fraction of sp³-hybridized carbons (Fsp3) is 0.200. The van der Waals surface area contributed by atoms with Crippen molar-refractivity contribution in [2.75, 3.05) is 0 Å². The van der Waals surface area contributed by atoms with Gasteiger partial charge in [0.1, 0.15) is 24.3 Å². The van der Waals surface area contributed by atoms with E-state index in [2.05, 4.69) is 4.98 Å². The van der Waals surface area contributed by atoms with E-state index in [9.17, 15) is 4.79 Å². The highest BCUT2D eigenvalue weighted by atomic mass is 16.5. The Bertz CT molecular complexity index is 870. The lowest BCUT2D eigenvalue weighted by molar-refractivity contribution is -0.138. The Balaban J connectivity index is 1.68. The van der Waals surface area contributed by atoms with Gasteiger partial charge >= 0.3 is 5.97 Å². The van der Waals surface area contributed by atoms with Crippen molar-refractivity contribution < 1.29 is 19.1 Å². The first-order valence-electron chi connectivity index (χ1n) is 8.00. The average Bonchev–Trinajstić information content (AvgIpc) is 3.09. The molecule has 0 amide bonds. The van der Waals surface area contributed by atoms with Gasteiger partial charge in [-0.2, -0.15) is 0 Å². The molecule has 128 valence electrons. The van der Waals surface area contributed by atoms with Gasteiger partial charge < -0.3 is 14.3 Å². The third kappa shape index (κ3) is 3.88. The number of carboxylic acid groups (broad SMARTS) is 1. The van der Waals surface area contributed by atoms with Gasteiger partial charge in [-0.25, -0.2) is 4.98 Å². The zero-order valence-electron chi connectivity index (χ0n) is 14.1. The number of carbonyl (C=O) groups is 1. The van der Waals surface area contributed by atoms with E-state index in [-0.39, 0.29) is 6.61 Å². The largest absolute Gasteiger partial charge is 0.487 e. The van der Waals surface area contributed by atoms with E-state index in [0.29, 0.717) is 17.3 Å². The van der Waals surface area contributed by atoms with Gasteiger partial charge in [-0.05, 0) is 43.2 Å². The summed E-state index contributed by atoms with van der Waals surface area (Å²) in [5, 5.41) is 9.09. The first kappa shape index (κ1) is 16.8. The quantitative estimate of drug-likeness (QED) is 0.721. The fourth-order valence-electron chi connectivity index (χ4n) is 2.48. The second-order valence-corrected chi connectivity index (χ2v) is 5.88. The number of aromatic nitrogens is 1. The van der Waals surface area contributed by atoms with Gasteiger partial charge in [0.2, 0.25) is 5.89 Å². The zero-order valence-corrected chi connectivity index (χ0v) is 14.1. The summed E-state index contributed by atoms with van der Waals surface area (Å²) in [4.78, 5) is 15.5. The molecule has 0 aliphatic carbocycles. The summed E-state index contributed by atoms with van der Waals surface area (Å²) in [5.41, 5.74) is 3.25. The van der Waals surface area contributed by atoms with E-state index >= 15 is 0 Å². The van der Waals surface area contributed by atoms with Gasteiger partial charge in [0, 0.05) is 5.56 Å². The van der Waals surface area contributed by atoms with Crippen LogP contribution in [0.25, 0.3) is 11.5 Å². The molecule has 1 N–H and O–H groups in total. The molecule has 0 saturated carbocycles. The van der Waals surface area contributed by atoms with E-state index < -0.39 is 11.9 Å². The van der Waals surface area contributed by atoms with Crippen molar-refractivity contribution in [3.05, 3.63) is 71.6 Å². The van der Waals surface area contributed by atoms with Crippen LogP contribution in [-0.2, 0) is 11.4 Å².